The van der Waals surface area contributed by atoms with E-state index < -0.39 is 17.5 Å². The first kappa shape index (κ1) is 13.6. The molecule has 0 aliphatic carbocycles. The van der Waals surface area contributed by atoms with E-state index in [0.717, 1.165) is 18.0 Å². The van der Waals surface area contributed by atoms with Crippen LogP contribution in [0, 0.1) is 17.5 Å². The minimum Gasteiger partial charge on any atom is -0.338 e. The molecule has 0 aliphatic rings. The molecule has 0 aliphatic heterocycles. The molecule has 0 saturated carbocycles. The Balaban J connectivity index is 1.85. The summed E-state index contributed by atoms with van der Waals surface area (Å²) in [7, 11) is 1.90. The Kier molecular flexibility index (Phi) is 4.21. The van der Waals surface area contributed by atoms with E-state index in [0.29, 0.717) is 18.5 Å². The Bertz CT molecular complexity index is 543. The standard InChI is InChI=1S/C13H14F3N3/c1-19-5-4-18-12(19)2-3-17-8-9-6-10(14)13(16)11(15)7-9/h4-7,17H,2-3,8H2,1H3. The molecule has 6 heteroatoms. The Morgan fingerprint density at radius 3 is 2.47 bits per heavy atom. The first-order valence-corrected chi connectivity index (χ1v) is 5.88. The van der Waals surface area contributed by atoms with E-state index in [1.165, 1.54) is 0 Å². The first-order chi connectivity index (χ1) is 9.08. The van der Waals surface area contributed by atoms with E-state index >= 15 is 0 Å². The molecule has 1 aromatic heterocycles. The molecule has 0 bridgehead atoms. The molecule has 2 rings (SSSR count). The summed E-state index contributed by atoms with van der Waals surface area (Å²) < 4.78 is 40.6. The van der Waals surface area contributed by atoms with Gasteiger partial charge in [-0.25, -0.2) is 18.2 Å². The van der Waals surface area contributed by atoms with E-state index in [-0.39, 0.29) is 6.54 Å². The second kappa shape index (κ2) is 5.88. The number of aromatic nitrogens is 2. The van der Waals surface area contributed by atoms with Crippen molar-refractivity contribution in [1.29, 1.82) is 0 Å². The molecule has 0 atom stereocenters. The van der Waals surface area contributed by atoms with Crippen LogP contribution in [0.15, 0.2) is 24.5 Å². The second-order valence-electron chi connectivity index (χ2n) is 4.25. The Hall–Kier alpha value is -1.82. The number of nitrogens with zero attached hydrogens (tertiary/aromatic N) is 2. The van der Waals surface area contributed by atoms with E-state index in [1.807, 2.05) is 17.8 Å². The Morgan fingerprint density at radius 2 is 1.89 bits per heavy atom. The third-order valence-electron chi connectivity index (χ3n) is 2.82. The van der Waals surface area contributed by atoms with Gasteiger partial charge in [0.15, 0.2) is 17.5 Å². The van der Waals surface area contributed by atoms with Gasteiger partial charge in [0.25, 0.3) is 0 Å². The highest BCUT2D eigenvalue weighted by Gasteiger charge is 2.10. The first-order valence-electron chi connectivity index (χ1n) is 5.88. The van der Waals surface area contributed by atoms with Gasteiger partial charge in [0.1, 0.15) is 5.82 Å². The van der Waals surface area contributed by atoms with E-state index in [1.54, 1.807) is 6.20 Å². The largest absolute Gasteiger partial charge is 0.338 e. The molecule has 0 unspecified atom stereocenters. The van der Waals surface area contributed by atoms with Crippen molar-refractivity contribution in [3.63, 3.8) is 0 Å². The SMILES string of the molecule is Cn1ccnc1CCNCc1cc(F)c(F)c(F)c1. The van der Waals surface area contributed by atoms with E-state index in [9.17, 15) is 13.2 Å². The van der Waals surface area contributed by atoms with Gasteiger partial charge < -0.3 is 9.88 Å². The maximum atomic E-state index is 13.0. The number of imidazole rings is 1. The Labute approximate surface area is 109 Å². The van der Waals surface area contributed by atoms with Crippen LogP contribution in [0.5, 0.6) is 0 Å². The third-order valence-corrected chi connectivity index (χ3v) is 2.82. The van der Waals surface area contributed by atoms with Gasteiger partial charge in [-0.3, -0.25) is 0 Å². The van der Waals surface area contributed by atoms with Gasteiger partial charge in [0.05, 0.1) is 0 Å². The number of halogens is 3. The normalized spacial score (nSPS) is 10.9. The lowest BCUT2D eigenvalue weighted by Gasteiger charge is -2.06. The lowest BCUT2D eigenvalue weighted by atomic mass is 10.2. The van der Waals surface area contributed by atoms with Crippen LogP contribution in [0.4, 0.5) is 13.2 Å². The molecular weight excluding hydrogens is 255 g/mol. The smallest absolute Gasteiger partial charge is 0.194 e. The molecule has 1 aromatic carbocycles. The minimum absolute atomic E-state index is 0.276. The summed E-state index contributed by atoms with van der Waals surface area (Å²) in [5, 5.41) is 3.03. The van der Waals surface area contributed by atoms with Gasteiger partial charge in [0.2, 0.25) is 0 Å². The zero-order chi connectivity index (χ0) is 13.8. The van der Waals surface area contributed by atoms with Crippen molar-refractivity contribution in [2.45, 2.75) is 13.0 Å². The molecular formula is C13H14F3N3. The van der Waals surface area contributed by atoms with Crippen LogP contribution in [-0.4, -0.2) is 16.1 Å². The van der Waals surface area contributed by atoms with Gasteiger partial charge in [0, 0.05) is 39.0 Å². The quantitative estimate of drug-likeness (QED) is 0.666. The van der Waals surface area contributed by atoms with Gasteiger partial charge in [-0.2, -0.15) is 0 Å². The predicted octanol–water partition coefficient (Wildman–Crippen LogP) is 2.17. The molecule has 0 amide bonds. The number of hydrogen-bond donors (Lipinski definition) is 1. The lowest BCUT2D eigenvalue weighted by molar-refractivity contribution is 0.444. The third kappa shape index (κ3) is 3.35. The number of benzene rings is 1. The Morgan fingerprint density at radius 1 is 1.21 bits per heavy atom. The van der Waals surface area contributed by atoms with Gasteiger partial charge in [-0.1, -0.05) is 0 Å². The highest BCUT2D eigenvalue weighted by Crippen LogP contribution is 2.13. The van der Waals surface area contributed by atoms with E-state index in [4.69, 9.17) is 0 Å². The van der Waals surface area contributed by atoms with Gasteiger partial charge >= 0.3 is 0 Å². The van der Waals surface area contributed by atoms with Crippen molar-refractivity contribution in [1.82, 2.24) is 14.9 Å². The molecule has 0 fully saturated rings. The second-order valence-corrected chi connectivity index (χ2v) is 4.25. The summed E-state index contributed by atoms with van der Waals surface area (Å²) in [5.41, 5.74) is 0.372. The summed E-state index contributed by atoms with van der Waals surface area (Å²) in [6.07, 6.45) is 4.26. The maximum Gasteiger partial charge on any atom is 0.194 e. The zero-order valence-corrected chi connectivity index (χ0v) is 10.5. The van der Waals surface area contributed by atoms with Gasteiger partial charge in [-0.05, 0) is 17.7 Å². The van der Waals surface area contributed by atoms with Crippen molar-refractivity contribution in [3.05, 3.63) is 53.4 Å². The molecule has 0 saturated heterocycles. The monoisotopic (exact) mass is 269 g/mol. The van der Waals surface area contributed by atoms with Crippen LogP contribution < -0.4 is 5.32 Å². The number of rotatable bonds is 5. The summed E-state index contributed by atoms with van der Waals surface area (Å²) in [6, 6.07) is 1.98. The predicted molar refractivity (Wildman–Crippen MR) is 64.9 cm³/mol. The molecule has 1 N–H and O–H groups in total. The van der Waals surface area contributed by atoms with Crippen LogP contribution in [0.1, 0.15) is 11.4 Å². The van der Waals surface area contributed by atoms with Crippen LogP contribution in [0.3, 0.4) is 0 Å². The molecule has 0 radical (unpaired) electrons. The van der Waals surface area contributed by atoms with Crippen molar-refractivity contribution < 1.29 is 13.2 Å². The fraction of sp³-hybridized carbons (Fsp3) is 0.308. The number of nitrogens with one attached hydrogen (secondary N) is 1. The fourth-order valence-corrected chi connectivity index (χ4v) is 1.78. The summed E-state index contributed by atoms with van der Waals surface area (Å²) in [5.74, 6) is -2.84. The zero-order valence-electron chi connectivity index (χ0n) is 10.5. The minimum atomic E-state index is -1.43. The summed E-state index contributed by atoms with van der Waals surface area (Å²) >= 11 is 0. The molecule has 0 spiro atoms. The molecule has 3 nitrogen and oxygen atoms in total. The summed E-state index contributed by atoms with van der Waals surface area (Å²) in [6.45, 7) is 0.893. The lowest BCUT2D eigenvalue weighted by Crippen LogP contribution is -2.18. The van der Waals surface area contributed by atoms with Crippen molar-refractivity contribution >= 4 is 0 Å². The molecule has 102 valence electrons. The average molecular weight is 269 g/mol. The average Bonchev–Trinajstić information content (AvgIpc) is 2.77. The maximum absolute atomic E-state index is 13.0. The number of aryl methyl sites for hydroxylation is 1. The van der Waals surface area contributed by atoms with Crippen molar-refractivity contribution in [2.75, 3.05) is 6.54 Å². The van der Waals surface area contributed by atoms with E-state index in [2.05, 4.69) is 10.3 Å². The van der Waals surface area contributed by atoms with Crippen LogP contribution >= 0.6 is 0 Å². The summed E-state index contributed by atoms with van der Waals surface area (Å²) in [4.78, 5) is 4.15. The molecule has 1 heterocycles. The van der Waals surface area contributed by atoms with Crippen LogP contribution in [-0.2, 0) is 20.0 Å². The van der Waals surface area contributed by atoms with Gasteiger partial charge in [-0.15, -0.1) is 0 Å². The number of hydrogen-bond acceptors (Lipinski definition) is 2. The highest BCUT2D eigenvalue weighted by atomic mass is 19.2. The molecule has 19 heavy (non-hydrogen) atoms. The fourth-order valence-electron chi connectivity index (χ4n) is 1.78. The van der Waals surface area contributed by atoms with Crippen molar-refractivity contribution in [3.8, 4) is 0 Å². The topological polar surface area (TPSA) is 29.9 Å². The highest BCUT2D eigenvalue weighted by molar-refractivity contribution is 5.19. The molecule has 2 aromatic rings. The van der Waals surface area contributed by atoms with Crippen molar-refractivity contribution in [2.24, 2.45) is 7.05 Å². The van der Waals surface area contributed by atoms with Crippen LogP contribution in [0.2, 0.25) is 0 Å². The van der Waals surface area contributed by atoms with Crippen LogP contribution in [0.25, 0.3) is 0 Å².